The lowest BCUT2D eigenvalue weighted by atomic mass is 9.91. The molecule has 1 aromatic carbocycles. The Morgan fingerprint density at radius 1 is 1.18 bits per heavy atom. The van der Waals surface area contributed by atoms with Gasteiger partial charge in [-0.05, 0) is 42.5 Å². The predicted molar refractivity (Wildman–Crippen MR) is 86.7 cm³/mol. The van der Waals surface area contributed by atoms with E-state index in [0.29, 0.717) is 5.25 Å². The minimum absolute atomic E-state index is 0.456. The second-order valence-corrected chi connectivity index (χ2v) is 6.71. The van der Waals surface area contributed by atoms with E-state index in [0.717, 1.165) is 16.7 Å². The van der Waals surface area contributed by atoms with Crippen molar-refractivity contribution in [1.82, 2.24) is 14.8 Å². The Kier molecular flexibility index (Phi) is 3.50. The summed E-state index contributed by atoms with van der Waals surface area (Å²) in [6, 6.07) is 12.5. The van der Waals surface area contributed by atoms with Crippen LogP contribution in [0.15, 0.2) is 52.2 Å². The monoisotopic (exact) mass is 311 g/mol. The third-order valence-corrected chi connectivity index (χ3v) is 5.48. The van der Waals surface area contributed by atoms with E-state index in [2.05, 4.69) is 34.5 Å². The molecule has 22 heavy (non-hydrogen) atoms. The number of rotatable bonds is 3. The molecule has 1 aliphatic carbocycles. The Morgan fingerprint density at radius 3 is 2.95 bits per heavy atom. The summed E-state index contributed by atoms with van der Waals surface area (Å²) < 4.78 is 7.44. The summed E-state index contributed by atoms with van der Waals surface area (Å²) in [6.45, 7) is 0. The van der Waals surface area contributed by atoms with Gasteiger partial charge in [0.25, 0.3) is 0 Å². The molecule has 0 amide bonds. The number of thioether (sulfide) groups is 1. The first-order valence-electron chi connectivity index (χ1n) is 7.50. The predicted octanol–water partition coefficient (Wildman–Crippen LogP) is 4.24. The minimum Gasteiger partial charge on any atom is -0.461 e. The van der Waals surface area contributed by atoms with Gasteiger partial charge in [-0.1, -0.05) is 36.0 Å². The Balaban J connectivity index is 1.63. The zero-order valence-electron chi connectivity index (χ0n) is 12.4. The Labute approximate surface area is 133 Å². The number of hydrogen-bond donors (Lipinski definition) is 0. The molecule has 0 bridgehead atoms. The van der Waals surface area contributed by atoms with Gasteiger partial charge in [-0.2, -0.15) is 0 Å². The molecule has 0 saturated carbocycles. The largest absolute Gasteiger partial charge is 0.461 e. The van der Waals surface area contributed by atoms with Crippen LogP contribution in [0.2, 0.25) is 0 Å². The van der Waals surface area contributed by atoms with Crippen LogP contribution in [0, 0.1) is 0 Å². The summed E-state index contributed by atoms with van der Waals surface area (Å²) in [4.78, 5) is 0. The summed E-state index contributed by atoms with van der Waals surface area (Å²) >= 11 is 1.80. The molecular formula is C17H17N3OS. The van der Waals surface area contributed by atoms with Crippen molar-refractivity contribution in [3.05, 3.63) is 53.8 Å². The number of nitrogens with zero attached hydrogens (tertiary/aromatic N) is 3. The fraction of sp³-hybridized carbons (Fsp3) is 0.294. The van der Waals surface area contributed by atoms with Crippen molar-refractivity contribution in [3.63, 3.8) is 0 Å². The van der Waals surface area contributed by atoms with Crippen molar-refractivity contribution < 1.29 is 4.42 Å². The Hall–Kier alpha value is -2.01. The van der Waals surface area contributed by atoms with Crippen LogP contribution in [0.5, 0.6) is 0 Å². The first-order valence-corrected chi connectivity index (χ1v) is 8.38. The quantitative estimate of drug-likeness (QED) is 0.725. The molecule has 0 aliphatic heterocycles. The molecule has 2 heterocycles. The highest BCUT2D eigenvalue weighted by Gasteiger charge is 2.23. The van der Waals surface area contributed by atoms with E-state index in [4.69, 9.17) is 4.42 Å². The van der Waals surface area contributed by atoms with Crippen molar-refractivity contribution in [2.75, 3.05) is 0 Å². The van der Waals surface area contributed by atoms with Gasteiger partial charge in [-0.3, -0.25) is 0 Å². The summed E-state index contributed by atoms with van der Waals surface area (Å²) in [7, 11) is 1.99. The molecule has 4 rings (SSSR count). The van der Waals surface area contributed by atoms with Crippen molar-refractivity contribution in [3.8, 4) is 11.6 Å². The van der Waals surface area contributed by atoms with Crippen molar-refractivity contribution in [1.29, 1.82) is 0 Å². The molecule has 1 atom stereocenters. The fourth-order valence-corrected chi connectivity index (χ4v) is 4.23. The average molecular weight is 311 g/mol. The van der Waals surface area contributed by atoms with Crippen LogP contribution in [-0.2, 0) is 13.5 Å². The highest BCUT2D eigenvalue weighted by Crippen LogP contribution is 2.43. The molecule has 0 unspecified atom stereocenters. The normalized spacial score (nSPS) is 17.4. The van der Waals surface area contributed by atoms with Gasteiger partial charge in [-0.15, -0.1) is 10.2 Å². The lowest BCUT2D eigenvalue weighted by Crippen LogP contribution is -2.07. The number of aryl methyl sites for hydroxylation is 1. The molecule has 2 aromatic heterocycles. The lowest BCUT2D eigenvalue weighted by molar-refractivity contribution is 0.572. The maximum atomic E-state index is 5.43. The third-order valence-electron chi connectivity index (χ3n) is 4.14. The van der Waals surface area contributed by atoms with Crippen LogP contribution in [0.3, 0.4) is 0 Å². The summed E-state index contributed by atoms with van der Waals surface area (Å²) in [5.74, 6) is 1.53. The van der Waals surface area contributed by atoms with Gasteiger partial charge < -0.3 is 8.98 Å². The first-order chi connectivity index (χ1) is 10.8. The summed E-state index contributed by atoms with van der Waals surface area (Å²) in [6.07, 6.45) is 5.26. The van der Waals surface area contributed by atoms with E-state index in [1.165, 1.54) is 30.4 Å². The van der Waals surface area contributed by atoms with Gasteiger partial charge in [-0.25, -0.2) is 0 Å². The summed E-state index contributed by atoms with van der Waals surface area (Å²) in [5, 5.41) is 10.0. The van der Waals surface area contributed by atoms with Gasteiger partial charge in [0, 0.05) is 12.3 Å². The molecule has 3 aromatic rings. The second kappa shape index (κ2) is 5.65. The van der Waals surface area contributed by atoms with Gasteiger partial charge >= 0.3 is 0 Å². The molecule has 0 saturated heterocycles. The first kappa shape index (κ1) is 13.6. The maximum Gasteiger partial charge on any atom is 0.200 e. The van der Waals surface area contributed by atoms with Crippen molar-refractivity contribution in [2.24, 2.45) is 7.05 Å². The fourth-order valence-electron chi connectivity index (χ4n) is 3.00. The lowest BCUT2D eigenvalue weighted by Gasteiger charge is -2.24. The number of aromatic nitrogens is 3. The van der Waals surface area contributed by atoms with Crippen LogP contribution in [0.4, 0.5) is 0 Å². The molecular weight excluding hydrogens is 294 g/mol. The molecule has 112 valence electrons. The number of furan rings is 1. The van der Waals surface area contributed by atoms with Gasteiger partial charge in [0.2, 0.25) is 0 Å². The van der Waals surface area contributed by atoms with Crippen LogP contribution in [-0.4, -0.2) is 14.8 Å². The zero-order valence-corrected chi connectivity index (χ0v) is 13.2. The van der Waals surface area contributed by atoms with Crippen LogP contribution >= 0.6 is 11.8 Å². The molecule has 0 spiro atoms. The number of hydrogen-bond acceptors (Lipinski definition) is 4. The molecule has 0 N–H and O–H groups in total. The van der Waals surface area contributed by atoms with Gasteiger partial charge in [0.05, 0.1) is 6.26 Å². The molecule has 4 nitrogen and oxygen atoms in total. The molecule has 0 radical (unpaired) electrons. The Bertz CT molecular complexity index is 779. The Morgan fingerprint density at radius 2 is 2.09 bits per heavy atom. The van der Waals surface area contributed by atoms with Crippen molar-refractivity contribution >= 4 is 11.8 Å². The van der Waals surface area contributed by atoms with Crippen molar-refractivity contribution in [2.45, 2.75) is 29.7 Å². The highest BCUT2D eigenvalue weighted by molar-refractivity contribution is 7.99. The zero-order chi connectivity index (χ0) is 14.9. The topological polar surface area (TPSA) is 43.9 Å². The second-order valence-electron chi connectivity index (χ2n) is 5.54. The van der Waals surface area contributed by atoms with E-state index in [-0.39, 0.29) is 0 Å². The third kappa shape index (κ3) is 2.35. The van der Waals surface area contributed by atoms with Crippen LogP contribution < -0.4 is 0 Å². The SMILES string of the molecule is Cn1c(S[C@@H]2CCCc3ccccc32)nnc1-c1ccco1. The molecule has 0 fully saturated rings. The van der Waals surface area contributed by atoms with E-state index in [9.17, 15) is 0 Å². The number of benzene rings is 1. The van der Waals surface area contributed by atoms with E-state index >= 15 is 0 Å². The molecule has 1 aliphatic rings. The van der Waals surface area contributed by atoms with Crippen LogP contribution in [0.1, 0.15) is 29.2 Å². The van der Waals surface area contributed by atoms with E-state index < -0.39 is 0 Å². The highest BCUT2D eigenvalue weighted by atomic mass is 32.2. The number of fused-ring (bicyclic) bond motifs is 1. The van der Waals surface area contributed by atoms with Gasteiger partial charge in [0.1, 0.15) is 0 Å². The average Bonchev–Trinajstić information content (AvgIpc) is 3.18. The van der Waals surface area contributed by atoms with E-state index in [1.807, 2.05) is 23.7 Å². The van der Waals surface area contributed by atoms with E-state index in [1.54, 1.807) is 18.0 Å². The maximum absolute atomic E-state index is 5.43. The smallest absolute Gasteiger partial charge is 0.200 e. The van der Waals surface area contributed by atoms with Gasteiger partial charge in [0.15, 0.2) is 16.7 Å². The van der Waals surface area contributed by atoms with Crippen LogP contribution in [0.25, 0.3) is 11.6 Å². The minimum atomic E-state index is 0.456. The summed E-state index contributed by atoms with van der Waals surface area (Å²) in [5.41, 5.74) is 2.92. The standard InChI is InChI=1S/C17H17N3OS/c1-20-16(14-9-5-11-21-14)18-19-17(20)22-15-10-4-7-12-6-2-3-8-13(12)15/h2-3,5-6,8-9,11,15H,4,7,10H2,1H3/t15-/m1/s1. The molecule has 5 heteroatoms.